The first-order valence-electron chi connectivity index (χ1n) is 9.16. The van der Waals surface area contributed by atoms with Crippen LogP contribution in [0.3, 0.4) is 0 Å². The van der Waals surface area contributed by atoms with Crippen LogP contribution in [0.15, 0.2) is 41.1 Å². The Hall–Kier alpha value is -2.35. The van der Waals surface area contributed by atoms with Gasteiger partial charge < -0.3 is 9.64 Å². The molecule has 0 aliphatic carbocycles. The van der Waals surface area contributed by atoms with Crippen LogP contribution in [-0.2, 0) is 24.3 Å². The number of hydrogen-bond donors (Lipinski definition) is 0. The standard InChI is InChI=1S/C21H22N4OS2/c1-4-18-22-15(12-27-18)10-25(2)20-19-16(14-8-6-5-7-9-14)13-28-21(19)24-17(23-20)11-26-3/h5-9,12-13H,4,10-11H2,1-3H3. The molecule has 0 N–H and O–H groups in total. The van der Waals surface area contributed by atoms with Crippen molar-refractivity contribution in [1.82, 2.24) is 15.0 Å². The van der Waals surface area contributed by atoms with Crippen LogP contribution in [0.4, 0.5) is 5.82 Å². The summed E-state index contributed by atoms with van der Waals surface area (Å²) in [4.78, 5) is 17.4. The van der Waals surface area contributed by atoms with Gasteiger partial charge in [-0.2, -0.15) is 0 Å². The Balaban J connectivity index is 1.80. The fraction of sp³-hybridized carbons (Fsp3) is 0.286. The topological polar surface area (TPSA) is 51.1 Å². The Morgan fingerprint density at radius 3 is 2.57 bits per heavy atom. The number of ether oxygens (including phenoxy) is 1. The summed E-state index contributed by atoms with van der Waals surface area (Å²) in [5.41, 5.74) is 3.41. The van der Waals surface area contributed by atoms with Crippen molar-refractivity contribution in [3.8, 4) is 11.1 Å². The molecule has 5 nitrogen and oxygen atoms in total. The van der Waals surface area contributed by atoms with Gasteiger partial charge in [0.05, 0.1) is 22.6 Å². The molecule has 28 heavy (non-hydrogen) atoms. The van der Waals surface area contributed by atoms with E-state index in [2.05, 4.69) is 53.9 Å². The number of benzene rings is 1. The number of anilines is 1. The van der Waals surface area contributed by atoms with Crippen molar-refractivity contribution in [2.24, 2.45) is 0 Å². The van der Waals surface area contributed by atoms with E-state index in [0.29, 0.717) is 19.0 Å². The number of nitrogens with zero attached hydrogens (tertiary/aromatic N) is 4. The van der Waals surface area contributed by atoms with E-state index >= 15 is 0 Å². The van der Waals surface area contributed by atoms with Crippen molar-refractivity contribution in [3.05, 3.63) is 57.6 Å². The van der Waals surface area contributed by atoms with Crippen LogP contribution in [0.1, 0.15) is 23.4 Å². The van der Waals surface area contributed by atoms with Crippen LogP contribution >= 0.6 is 22.7 Å². The van der Waals surface area contributed by atoms with Gasteiger partial charge in [0.2, 0.25) is 0 Å². The lowest BCUT2D eigenvalue weighted by Gasteiger charge is -2.19. The van der Waals surface area contributed by atoms with E-state index in [-0.39, 0.29) is 0 Å². The maximum Gasteiger partial charge on any atom is 0.158 e. The molecule has 0 aliphatic heterocycles. The van der Waals surface area contributed by atoms with Crippen LogP contribution in [0.25, 0.3) is 21.3 Å². The molecular weight excluding hydrogens is 388 g/mol. The number of hydrogen-bond acceptors (Lipinski definition) is 7. The SMILES string of the molecule is CCc1nc(CN(C)c2nc(COC)nc3scc(-c4ccccc4)c23)cs1. The molecule has 1 aromatic carbocycles. The maximum atomic E-state index is 5.29. The molecule has 0 saturated carbocycles. The zero-order valence-corrected chi connectivity index (χ0v) is 17.8. The van der Waals surface area contributed by atoms with Crippen LogP contribution in [0.5, 0.6) is 0 Å². The molecule has 0 radical (unpaired) electrons. The van der Waals surface area contributed by atoms with Crippen molar-refractivity contribution in [3.63, 3.8) is 0 Å². The average molecular weight is 411 g/mol. The Labute approximate surface area is 172 Å². The average Bonchev–Trinajstić information content (AvgIpc) is 3.35. The Morgan fingerprint density at radius 1 is 1.04 bits per heavy atom. The van der Waals surface area contributed by atoms with Gasteiger partial charge in [-0.05, 0) is 12.0 Å². The van der Waals surface area contributed by atoms with Gasteiger partial charge in [-0.25, -0.2) is 15.0 Å². The quantitative estimate of drug-likeness (QED) is 0.421. The predicted molar refractivity (Wildman–Crippen MR) is 117 cm³/mol. The summed E-state index contributed by atoms with van der Waals surface area (Å²) in [7, 11) is 3.73. The minimum Gasteiger partial charge on any atom is -0.377 e. The Morgan fingerprint density at radius 2 is 1.86 bits per heavy atom. The molecule has 0 unspecified atom stereocenters. The molecule has 144 valence electrons. The van der Waals surface area contributed by atoms with Gasteiger partial charge in [-0.1, -0.05) is 37.3 Å². The number of aryl methyl sites for hydroxylation is 1. The van der Waals surface area contributed by atoms with E-state index in [0.717, 1.165) is 33.2 Å². The molecule has 4 aromatic rings. The maximum absolute atomic E-state index is 5.29. The molecule has 4 rings (SSSR count). The number of aromatic nitrogens is 3. The summed E-state index contributed by atoms with van der Waals surface area (Å²) >= 11 is 3.36. The molecule has 0 spiro atoms. The number of thiazole rings is 1. The van der Waals surface area contributed by atoms with E-state index in [1.807, 2.05) is 6.07 Å². The largest absolute Gasteiger partial charge is 0.377 e. The fourth-order valence-corrected chi connectivity index (χ4v) is 4.86. The van der Waals surface area contributed by atoms with Crippen molar-refractivity contribution in [2.45, 2.75) is 26.5 Å². The second-order valence-electron chi connectivity index (χ2n) is 6.53. The van der Waals surface area contributed by atoms with Gasteiger partial charge >= 0.3 is 0 Å². The lowest BCUT2D eigenvalue weighted by atomic mass is 10.1. The normalized spacial score (nSPS) is 11.2. The molecule has 3 aromatic heterocycles. The summed E-state index contributed by atoms with van der Waals surface area (Å²) in [6.45, 7) is 3.24. The van der Waals surface area contributed by atoms with Gasteiger partial charge in [-0.15, -0.1) is 22.7 Å². The highest BCUT2D eigenvalue weighted by Crippen LogP contribution is 2.38. The van der Waals surface area contributed by atoms with Gasteiger partial charge in [0, 0.05) is 30.5 Å². The van der Waals surface area contributed by atoms with Gasteiger partial charge in [0.15, 0.2) is 5.82 Å². The number of methoxy groups -OCH3 is 1. The van der Waals surface area contributed by atoms with Crippen molar-refractivity contribution in [1.29, 1.82) is 0 Å². The molecule has 0 fully saturated rings. The van der Waals surface area contributed by atoms with E-state index in [9.17, 15) is 0 Å². The summed E-state index contributed by atoms with van der Waals surface area (Å²) in [5.74, 6) is 1.62. The van der Waals surface area contributed by atoms with Gasteiger partial charge in [0.1, 0.15) is 17.3 Å². The third kappa shape index (κ3) is 3.78. The van der Waals surface area contributed by atoms with E-state index in [1.165, 1.54) is 11.1 Å². The molecule has 0 amide bonds. The second kappa shape index (κ2) is 8.34. The Kier molecular flexibility index (Phi) is 5.66. The van der Waals surface area contributed by atoms with Crippen molar-refractivity contribution >= 4 is 38.7 Å². The number of rotatable bonds is 7. The second-order valence-corrected chi connectivity index (χ2v) is 8.33. The van der Waals surface area contributed by atoms with Crippen LogP contribution in [-0.4, -0.2) is 29.1 Å². The van der Waals surface area contributed by atoms with Crippen LogP contribution in [0, 0.1) is 0 Å². The summed E-state index contributed by atoms with van der Waals surface area (Å²) in [5, 5.41) is 6.55. The predicted octanol–water partition coefficient (Wildman–Crippen LogP) is 5.16. The van der Waals surface area contributed by atoms with E-state index in [4.69, 9.17) is 19.7 Å². The monoisotopic (exact) mass is 410 g/mol. The lowest BCUT2D eigenvalue weighted by Crippen LogP contribution is -2.19. The van der Waals surface area contributed by atoms with E-state index < -0.39 is 0 Å². The fourth-order valence-electron chi connectivity index (χ4n) is 3.17. The molecular formula is C21H22N4OS2. The van der Waals surface area contributed by atoms with Crippen LogP contribution in [0.2, 0.25) is 0 Å². The van der Waals surface area contributed by atoms with Crippen LogP contribution < -0.4 is 4.90 Å². The first-order chi connectivity index (χ1) is 13.7. The zero-order chi connectivity index (χ0) is 19.5. The number of thiophene rings is 1. The first-order valence-corrected chi connectivity index (χ1v) is 10.9. The minimum atomic E-state index is 0.395. The smallest absolute Gasteiger partial charge is 0.158 e. The molecule has 3 heterocycles. The summed E-state index contributed by atoms with van der Waals surface area (Å²) < 4.78 is 5.29. The molecule has 0 atom stereocenters. The first kappa shape index (κ1) is 19.0. The molecule has 7 heteroatoms. The van der Waals surface area contributed by atoms with Crippen molar-refractivity contribution in [2.75, 3.05) is 19.1 Å². The molecule has 0 aliphatic rings. The highest BCUT2D eigenvalue weighted by atomic mass is 32.1. The molecule has 0 saturated heterocycles. The third-order valence-corrected chi connectivity index (χ3v) is 6.40. The highest BCUT2D eigenvalue weighted by molar-refractivity contribution is 7.17. The molecule has 0 bridgehead atoms. The number of fused-ring (bicyclic) bond motifs is 1. The summed E-state index contributed by atoms with van der Waals surface area (Å²) in [6, 6.07) is 10.4. The Bertz CT molecular complexity index is 1070. The lowest BCUT2D eigenvalue weighted by molar-refractivity contribution is 0.178. The van der Waals surface area contributed by atoms with Crippen molar-refractivity contribution < 1.29 is 4.74 Å². The minimum absolute atomic E-state index is 0.395. The van der Waals surface area contributed by atoms with E-state index in [1.54, 1.807) is 29.8 Å². The summed E-state index contributed by atoms with van der Waals surface area (Å²) in [6.07, 6.45) is 0.965. The van der Waals surface area contributed by atoms with Gasteiger partial charge in [-0.3, -0.25) is 0 Å². The highest BCUT2D eigenvalue weighted by Gasteiger charge is 2.19. The van der Waals surface area contributed by atoms with Gasteiger partial charge in [0.25, 0.3) is 0 Å². The zero-order valence-electron chi connectivity index (χ0n) is 16.2. The third-order valence-electron chi connectivity index (χ3n) is 4.48.